The van der Waals surface area contributed by atoms with Crippen molar-refractivity contribution in [2.45, 2.75) is 46.1 Å². The highest BCUT2D eigenvalue weighted by atomic mass is 15.2. The van der Waals surface area contributed by atoms with E-state index in [0.29, 0.717) is 0 Å². The Balaban J connectivity index is 3.94. The summed E-state index contributed by atoms with van der Waals surface area (Å²) < 4.78 is 0. The van der Waals surface area contributed by atoms with E-state index in [0.717, 1.165) is 12.6 Å². The van der Waals surface area contributed by atoms with Gasteiger partial charge >= 0.3 is 0 Å². The molecule has 2 nitrogen and oxygen atoms in total. The van der Waals surface area contributed by atoms with E-state index in [4.69, 9.17) is 0 Å². The number of likely N-dealkylation sites (N-methyl/N-ethyl adjacent to an activating group) is 1. The van der Waals surface area contributed by atoms with Crippen LogP contribution in [0.15, 0.2) is 0 Å². The van der Waals surface area contributed by atoms with Gasteiger partial charge in [-0.2, -0.15) is 0 Å². The summed E-state index contributed by atoms with van der Waals surface area (Å²) in [6, 6.07) is 0.727. The van der Waals surface area contributed by atoms with E-state index in [1.807, 2.05) is 7.05 Å². The molecular formula is C11H26N2. The molecule has 2 heteroatoms. The van der Waals surface area contributed by atoms with Crippen molar-refractivity contribution in [1.29, 1.82) is 0 Å². The SMILES string of the molecule is CCCN(CCC)C(CC)CNC. The van der Waals surface area contributed by atoms with E-state index >= 15 is 0 Å². The van der Waals surface area contributed by atoms with E-state index < -0.39 is 0 Å². The zero-order chi connectivity index (χ0) is 10.1. The third-order valence-corrected chi connectivity index (χ3v) is 2.45. The van der Waals surface area contributed by atoms with Crippen molar-refractivity contribution in [3.8, 4) is 0 Å². The van der Waals surface area contributed by atoms with Crippen molar-refractivity contribution in [3.05, 3.63) is 0 Å². The van der Waals surface area contributed by atoms with E-state index in [-0.39, 0.29) is 0 Å². The van der Waals surface area contributed by atoms with Crippen LogP contribution >= 0.6 is 0 Å². The third-order valence-electron chi connectivity index (χ3n) is 2.45. The summed E-state index contributed by atoms with van der Waals surface area (Å²) in [7, 11) is 2.04. The van der Waals surface area contributed by atoms with Gasteiger partial charge in [0.2, 0.25) is 0 Å². The second-order valence-electron chi connectivity index (χ2n) is 3.66. The Labute approximate surface area is 83.7 Å². The van der Waals surface area contributed by atoms with Gasteiger partial charge in [-0.05, 0) is 39.4 Å². The van der Waals surface area contributed by atoms with Crippen LogP contribution < -0.4 is 5.32 Å². The third kappa shape index (κ3) is 5.27. The molecule has 0 aromatic carbocycles. The summed E-state index contributed by atoms with van der Waals surface area (Å²) in [5.41, 5.74) is 0. The molecule has 0 heterocycles. The highest BCUT2D eigenvalue weighted by Gasteiger charge is 2.13. The molecule has 1 unspecified atom stereocenters. The predicted molar refractivity (Wildman–Crippen MR) is 60.2 cm³/mol. The van der Waals surface area contributed by atoms with Gasteiger partial charge in [-0.3, -0.25) is 4.90 Å². The van der Waals surface area contributed by atoms with Gasteiger partial charge < -0.3 is 5.32 Å². The maximum atomic E-state index is 3.27. The molecule has 0 saturated carbocycles. The van der Waals surface area contributed by atoms with Crippen LogP contribution in [0.5, 0.6) is 0 Å². The number of nitrogens with one attached hydrogen (secondary N) is 1. The quantitative estimate of drug-likeness (QED) is 0.624. The van der Waals surface area contributed by atoms with E-state index in [9.17, 15) is 0 Å². The molecule has 0 saturated heterocycles. The average Bonchev–Trinajstić information content (AvgIpc) is 2.14. The summed E-state index contributed by atoms with van der Waals surface area (Å²) >= 11 is 0. The van der Waals surface area contributed by atoms with Crippen molar-refractivity contribution < 1.29 is 0 Å². The number of hydrogen-bond acceptors (Lipinski definition) is 2. The number of hydrogen-bond donors (Lipinski definition) is 1. The lowest BCUT2D eigenvalue weighted by atomic mass is 10.1. The van der Waals surface area contributed by atoms with Gasteiger partial charge in [-0.1, -0.05) is 20.8 Å². The fourth-order valence-electron chi connectivity index (χ4n) is 1.82. The second-order valence-corrected chi connectivity index (χ2v) is 3.66. The fourth-order valence-corrected chi connectivity index (χ4v) is 1.82. The summed E-state index contributed by atoms with van der Waals surface area (Å²) in [5, 5.41) is 3.27. The van der Waals surface area contributed by atoms with E-state index in [2.05, 4.69) is 31.0 Å². The van der Waals surface area contributed by atoms with Crippen LogP contribution in [0, 0.1) is 0 Å². The molecule has 0 aliphatic heterocycles. The molecule has 0 aromatic heterocycles. The van der Waals surface area contributed by atoms with Crippen molar-refractivity contribution in [2.75, 3.05) is 26.7 Å². The van der Waals surface area contributed by atoms with Gasteiger partial charge in [0.05, 0.1) is 0 Å². The van der Waals surface area contributed by atoms with Crippen LogP contribution in [0.3, 0.4) is 0 Å². The molecule has 0 amide bonds. The maximum Gasteiger partial charge on any atom is 0.0217 e. The minimum Gasteiger partial charge on any atom is -0.318 e. The monoisotopic (exact) mass is 186 g/mol. The minimum atomic E-state index is 0.727. The smallest absolute Gasteiger partial charge is 0.0217 e. The first-order chi connectivity index (χ1) is 6.29. The van der Waals surface area contributed by atoms with Crippen LogP contribution in [-0.4, -0.2) is 37.6 Å². The highest BCUT2D eigenvalue weighted by Crippen LogP contribution is 2.05. The molecule has 0 aliphatic carbocycles. The summed E-state index contributed by atoms with van der Waals surface area (Å²) in [6.45, 7) is 10.4. The Kier molecular flexibility index (Phi) is 8.46. The minimum absolute atomic E-state index is 0.727. The van der Waals surface area contributed by atoms with E-state index in [1.165, 1.54) is 32.4 Å². The van der Waals surface area contributed by atoms with Crippen LogP contribution in [0.4, 0.5) is 0 Å². The molecule has 0 bridgehead atoms. The molecule has 1 atom stereocenters. The number of nitrogens with zero attached hydrogens (tertiary/aromatic N) is 1. The van der Waals surface area contributed by atoms with Crippen molar-refractivity contribution in [2.24, 2.45) is 0 Å². The molecule has 0 aromatic rings. The molecule has 0 fully saturated rings. The van der Waals surface area contributed by atoms with Gasteiger partial charge in [0, 0.05) is 12.6 Å². The standard InChI is InChI=1S/C11H26N2/c1-5-8-13(9-6-2)11(7-3)10-12-4/h11-12H,5-10H2,1-4H3. The van der Waals surface area contributed by atoms with E-state index in [1.54, 1.807) is 0 Å². The van der Waals surface area contributed by atoms with Crippen LogP contribution in [0.2, 0.25) is 0 Å². The zero-order valence-electron chi connectivity index (χ0n) is 9.77. The second kappa shape index (κ2) is 8.52. The Morgan fingerprint density at radius 2 is 1.62 bits per heavy atom. The van der Waals surface area contributed by atoms with Crippen LogP contribution in [0.25, 0.3) is 0 Å². The zero-order valence-corrected chi connectivity index (χ0v) is 9.77. The molecular weight excluding hydrogens is 160 g/mol. The van der Waals surface area contributed by atoms with Gasteiger partial charge in [-0.15, -0.1) is 0 Å². The summed E-state index contributed by atoms with van der Waals surface area (Å²) in [5.74, 6) is 0. The number of rotatable bonds is 8. The Morgan fingerprint density at radius 3 is 1.92 bits per heavy atom. The van der Waals surface area contributed by atoms with Crippen molar-refractivity contribution >= 4 is 0 Å². The normalized spacial score (nSPS) is 13.6. The Hall–Kier alpha value is -0.0800. The molecule has 0 rings (SSSR count). The first kappa shape index (κ1) is 12.9. The van der Waals surface area contributed by atoms with Gasteiger partial charge in [-0.25, -0.2) is 0 Å². The largest absolute Gasteiger partial charge is 0.318 e. The lowest BCUT2D eigenvalue weighted by Gasteiger charge is -2.30. The van der Waals surface area contributed by atoms with Crippen LogP contribution in [0.1, 0.15) is 40.0 Å². The Morgan fingerprint density at radius 1 is 1.08 bits per heavy atom. The van der Waals surface area contributed by atoms with Gasteiger partial charge in [0.15, 0.2) is 0 Å². The lowest BCUT2D eigenvalue weighted by Crippen LogP contribution is -2.42. The lowest BCUT2D eigenvalue weighted by molar-refractivity contribution is 0.189. The molecule has 80 valence electrons. The van der Waals surface area contributed by atoms with Crippen molar-refractivity contribution in [3.63, 3.8) is 0 Å². The van der Waals surface area contributed by atoms with Crippen molar-refractivity contribution in [1.82, 2.24) is 10.2 Å². The Bertz CT molecular complexity index is 98.3. The predicted octanol–water partition coefficient (Wildman–Crippen LogP) is 2.11. The van der Waals surface area contributed by atoms with Gasteiger partial charge in [0.1, 0.15) is 0 Å². The average molecular weight is 186 g/mol. The van der Waals surface area contributed by atoms with Gasteiger partial charge in [0.25, 0.3) is 0 Å². The molecule has 0 aliphatic rings. The molecule has 1 N–H and O–H groups in total. The topological polar surface area (TPSA) is 15.3 Å². The van der Waals surface area contributed by atoms with Crippen LogP contribution in [-0.2, 0) is 0 Å². The molecule has 0 radical (unpaired) electrons. The highest BCUT2D eigenvalue weighted by molar-refractivity contribution is 4.71. The maximum absolute atomic E-state index is 3.27. The first-order valence-corrected chi connectivity index (χ1v) is 5.68. The summed E-state index contributed by atoms with van der Waals surface area (Å²) in [6.07, 6.45) is 3.78. The first-order valence-electron chi connectivity index (χ1n) is 5.68. The summed E-state index contributed by atoms with van der Waals surface area (Å²) in [4.78, 5) is 2.61. The fraction of sp³-hybridized carbons (Fsp3) is 1.00. The molecule has 13 heavy (non-hydrogen) atoms. The molecule has 0 spiro atoms.